The molecule has 10 heteroatoms. The van der Waals surface area contributed by atoms with Gasteiger partial charge < -0.3 is 15.2 Å². The molecule has 2 N–H and O–H groups in total. The third kappa shape index (κ3) is 3.21. The molecular formula is C11H11F3N4O3. The van der Waals surface area contributed by atoms with Gasteiger partial charge in [-0.1, -0.05) is 0 Å². The molecule has 0 saturated carbocycles. The molecule has 0 aliphatic rings. The Kier molecular flexibility index (Phi) is 3.98. The van der Waals surface area contributed by atoms with Gasteiger partial charge in [-0.05, 0) is 0 Å². The fraction of sp³-hybridized carbons (Fsp3) is 0.364. The third-order valence-electron chi connectivity index (χ3n) is 2.62. The van der Waals surface area contributed by atoms with E-state index in [2.05, 4.69) is 15.4 Å². The zero-order valence-electron chi connectivity index (χ0n) is 10.8. The van der Waals surface area contributed by atoms with E-state index in [1.54, 1.807) is 0 Å². The Bertz CT molecular complexity index is 656. The molecule has 114 valence electrons. The first-order chi connectivity index (χ1) is 9.82. The first-order valence-corrected chi connectivity index (χ1v) is 5.73. The Balaban J connectivity index is 2.40. The Morgan fingerprint density at radius 1 is 1.57 bits per heavy atom. The smallest absolute Gasteiger partial charge is 0.435 e. The quantitative estimate of drug-likeness (QED) is 0.864. The largest absolute Gasteiger partial charge is 0.480 e. The molecule has 0 bridgehead atoms. The van der Waals surface area contributed by atoms with Crippen LogP contribution >= 0.6 is 0 Å². The maximum absolute atomic E-state index is 12.6. The Hall–Kier alpha value is -2.36. The zero-order valence-corrected chi connectivity index (χ0v) is 10.8. The highest BCUT2D eigenvalue weighted by Gasteiger charge is 2.34. The third-order valence-corrected chi connectivity index (χ3v) is 2.62. The zero-order chi connectivity index (χ0) is 15.6. The molecule has 2 rings (SSSR count). The van der Waals surface area contributed by atoms with Crippen LogP contribution in [0, 0.1) is 0 Å². The SMILES string of the molecule is COCC(Nc1nccn2nc(C(F)(F)F)cc12)C(=O)O. The van der Waals surface area contributed by atoms with Crippen molar-refractivity contribution in [3.63, 3.8) is 0 Å². The number of anilines is 1. The number of nitrogens with one attached hydrogen (secondary N) is 1. The molecule has 1 atom stereocenters. The van der Waals surface area contributed by atoms with Crippen LogP contribution in [0.2, 0.25) is 0 Å². The summed E-state index contributed by atoms with van der Waals surface area (Å²) in [4.78, 5) is 14.9. The van der Waals surface area contributed by atoms with Gasteiger partial charge in [-0.3, -0.25) is 0 Å². The van der Waals surface area contributed by atoms with Gasteiger partial charge in [-0.2, -0.15) is 18.3 Å². The Morgan fingerprint density at radius 3 is 2.86 bits per heavy atom. The molecule has 0 saturated heterocycles. The first kappa shape index (κ1) is 15.0. The van der Waals surface area contributed by atoms with Crippen molar-refractivity contribution < 1.29 is 27.8 Å². The highest BCUT2D eigenvalue weighted by molar-refractivity contribution is 5.80. The molecule has 0 fully saturated rings. The minimum Gasteiger partial charge on any atom is -0.480 e. The molecule has 0 radical (unpaired) electrons. The van der Waals surface area contributed by atoms with Crippen molar-refractivity contribution in [2.45, 2.75) is 12.2 Å². The maximum Gasteiger partial charge on any atom is 0.435 e. The number of aliphatic carboxylic acids is 1. The van der Waals surface area contributed by atoms with Gasteiger partial charge in [-0.15, -0.1) is 0 Å². The van der Waals surface area contributed by atoms with E-state index in [1.807, 2.05) is 0 Å². The number of rotatable bonds is 5. The number of ether oxygens (including phenoxy) is 1. The lowest BCUT2D eigenvalue weighted by molar-refractivity contribution is -0.141. The van der Waals surface area contributed by atoms with Crippen molar-refractivity contribution in [3.8, 4) is 0 Å². The van der Waals surface area contributed by atoms with E-state index in [4.69, 9.17) is 9.84 Å². The van der Waals surface area contributed by atoms with Crippen LogP contribution < -0.4 is 5.32 Å². The fourth-order valence-corrected chi connectivity index (χ4v) is 1.68. The molecule has 1 unspecified atom stereocenters. The van der Waals surface area contributed by atoms with Crippen molar-refractivity contribution in [1.82, 2.24) is 14.6 Å². The fourth-order valence-electron chi connectivity index (χ4n) is 1.68. The van der Waals surface area contributed by atoms with Gasteiger partial charge in [0, 0.05) is 25.6 Å². The second-order valence-electron chi connectivity index (χ2n) is 4.12. The normalized spacial score (nSPS) is 13.3. The van der Waals surface area contributed by atoms with Crippen LogP contribution in [0.15, 0.2) is 18.5 Å². The molecular weight excluding hydrogens is 293 g/mol. The summed E-state index contributed by atoms with van der Waals surface area (Å²) in [6.45, 7) is -0.168. The number of aromatic nitrogens is 3. The average Bonchev–Trinajstić information content (AvgIpc) is 2.83. The summed E-state index contributed by atoms with van der Waals surface area (Å²) in [5, 5.41) is 14.9. The van der Waals surface area contributed by atoms with Gasteiger partial charge in [0.1, 0.15) is 11.6 Å². The maximum atomic E-state index is 12.6. The summed E-state index contributed by atoms with van der Waals surface area (Å²) in [6, 6.07) is -0.348. The number of hydrogen-bond acceptors (Lipinski definition) is 5. The Labute approximate surface area is 116 Å². The minimum atomic E-state index is -4.60. The molecule has 2 aromatic heterocycles. The van der Waals surface area contributed by atoms with Crippen LogP contribution in [-0.2, 0) is 15.7 Å². The number of fused-ring (bicyclic) bond motifs is 1. The molecule has 2 heterocycles. The van der Waals surface area contributed by atoms with Gasteiger partial charge in [0.15, 0.2) is 11.5 Å². The van der Waals surface area contributed by atoms with E-state index < -0.39 is 23.9 Å². The minimum absolute atomic E-state index is 0.0205. The molecule has 7 nitrogen and oxygen atoms in total. The number of carboxylic acids is 1. The van der Waals surface area contributed by atoms with E-state index in [9.17, 15) is 18.0 Å². The van der Waals surface area contributed by atoms with Crippen molar-refractivity contribution >= 4 is 17.3 Å². The number of carbonyl (C=O) groups is 1. The molecule has 0 spiro atoms. The van der Waals surface area contributed by atoms with Crippen LogP contribution in [0.3, 0.4) is 0 Å². The average molecular weight is 304 g/mol. The van der Waals surface area contributed by atoms with Crippen molar-refractivity contribution in [1.29, 1.82) is 0 Å². The summed E-state index contributed by atoms with van der Waals surface area (Å²) in [5.74, 6) is -1.24. The van der Waals surface area contributed by atoms with Crippen molar-refractivity contribution in [2.24, 2.45) is 0 Å². The lowest BCUT2D eigenvalue weighted by Gasteiger charge is -2.14. The summed E-state index contributed by atoms with van der Waals surface area (Å²) >= 11 is 0. The van der Waals surface area contributed by atoms with Gasteiger partial charge in [0.25, 0.3) is 0 Å². The highest BCUT2D eigenvalue weighted by Crippen LogP contribution is 2.30. The Morgan fingerprint density at radius 2 is 2.29 bits per heavy atom. The molecule has 0 amide bonds. The van der Waals surface area contributed by atoms with Gasteiger partial charge in [-0.25, -0.2) is 14.3 Å². The van der Waals surface area contributed by atoms with Crippen LogP contribution in [-0.4, -0.2) is 45.4 Å². The first-order valence-electron chi connectivity index (χ1n) is 5.73. The second-order valence-corrected chi connectivity index (χ2v) is 4.12. The van der Waals surface area contributed by atoms with E-state index >= 15 is 0 Å². The lowest BCUT2D eigenvalue weighted by atomic mass is 10.3. The van der Waals surface area contributed by atoms with Crippen LogP contribution in [0.25, 0.3) is 5.52 Å². The molecule has 21 heavy (non-hydrogen) atoms. The van der Waals surface area contributed by atoms with Crippen molar-refractivity contribution in [3.05, 3.63) is 24.2 Å². The van der Waals surface area contributed by atoms with Crippen molar-refractivity contribution in [2.75, 3.05) is 19.0 Å². The monoisotopic (exact) mass is 304 g/mol. The number of alkyl halides is 3. The number of hydrogen-bond donors (Lipinski definition) is 2. The molecule has 0 aliphatic carbocycles. The van der Waals surface area contributed by atoms with E-state index in [0.29, 0.717) is 0 Å². The lowest BCUT2D eigenvalue weighted by Crippen LogP contribution is -2.34. The summed E-state index contributed by atoms with van der Waals surface area (Å²) in [6.07, 6.45) is -2.14. The molecule has 0 aromatic carbocycles. The number of halogens is 3. The topological polar surface area (TPSA) is 88.8 Å². The summed E-state index contributed by atoms with van der Waals surface area (Å²) < 4.78 is 43.6. The molecule has 2 aromatic rings. The summed E-state index contributed by atoms with van der Waals surface area (Å²) in [7, 11) is 1.31. The summed E-state index contributed by atoms with van der Waals surface area (Å²) in [5.41, 5.74) is -1.07. The predicted octanol–water partition coefficient (Wildman–Crippen LogP) is 1.26. The van der Waals surface area contributed by atoms with Gasteiger partial charge in [0.2, 0.25) is 0 Å². The van der Waals surface area contributed by atoms with Gasteiger partial charge in [0.05, 0.1) is 6.61 Å². The number of methoxy groups -OCH3 is 1. The van der Waals surface area contributed by atoms with E-state index in [1.165, 1.54) is 19.5 Å². The standard InChI is InChI=1S/C11H11F3N4O3/c1-21-5-6(10(19)20)16-9-7-4-8(11(12,13)14)17-18(7)3-2-15-9/h2-4,6H,5H2,1H3,(H,15,16)(H,19,20). The number of nitrogens with zero attached hydrogens (tertiary/aromatic N) is 3. The van der Waals surface area contributed by atoms with Gasteiger partial charge >= 0.3 is 12.1 Å². The number of carboxylic acid groups (broad SMARTS) is 1. The molecule has 0 aliphatic heterocycles. The highest BCUT2D eigenvalue weighted by atomic mass is 19.4. The second kappa shape index (κ2) is 5.56. The van der Waals surface area contributed by atoms with Crippen LogP contribution in [0.4, 0.5) is 19.0 Å². The van der Waals surface area contributed by atoms with Crippen LogP contribution in [0.5, 0.6) is 0 Å². The van der Waals surface area contributed by atoms with Crippen LogP contribution in [0.1, 0.15) is 5.69 Å². The van der Waals surface area contributed by atoms with E-state index in [0.717, 1.165) is 10.6 Å². The predicted molar refractivity (Wildman–Crippen MR) is 64.9 cm³/mol. The van der Waals surface area contributed by atoms with E-state index in [-0.39, 0.29) is 17.9 Å².